The molecule has 0 spiro atoms. The Balaban J connectivity index is 1.49. The van der Waals surface area contributed by atoms with Gasteiger partial charge in [-0.25, -0.2) is 0 Å². The van der Waals surface area contributed by atoms with Crippen LogP contribution < -0.4 is 16.4 Å². The van der Waals surface area contributed by atoms with Crippen molar-refractivity contribution in [2.24, 2.45) is 10.7 Å². The highest BCUT2D eigenvalue weighted by Gasteiger charge is 2.20. The van der Waals surface area contributed by atoms with Crippen LogP contribution in [0.5, 0.6) is 0 Å². The molecule has 0 radical (unpaired) electrons. The zero-order valence-corrected chi connectivity index (χ0v) is 18.5. The van der Waals surface area contributed by atoms with Gasteiger partial charge in [0.25, 0.3) is 0 Å². The van der Waals surface area contributed by atoms with Gasteiger partial charge in [-0.05, 0) is 43.1 Å². The minimum Gasteiger partial charge on any atom is -0.468 e. The summed E-state index contributed by atoms with van der Waals surface area (Å²) in [7, 11) is 3.89. The monoisotopic (exact) mass is 426 g/mol. The van der Waals surface area contributed by atoms with Crippen molar-refractivity contribution in [3.05, 3.63) is 59.5 Å². The van der Waals surface area contributed by atoms with Crippen molar-refractivity contribution < 1.29 is 9.21 Å². The summed E-state index contributed by atoms with van der Waals surface area (Å²) in [4.78, 5) is 19.8. The Labute approximate surface area is 184 Å². The van der Waals surface area contributed by atoms with Crippen LogP contribution in [-0.2, 0) is 24.4 Å². The smallest absolute Gasteiger partial charge is 0.231 e. The van der Waals surface area contributed by atoms with E-state index in [1.165, 1.54) is 11.1 Å². The topological polar surface area (TPSA) is 99.1 Å². The van der Waals surface area contributed by atoms with E-state index < -0.39 is 0 Å². The van der Waals surface area contributed by atoms with Crippen LogP contribution >= 0.6 is 0 Å². The van der Waals surface area contributed by atoms with E-state index in [0.717, 1.165) is 50.7 Å². The lowest BCUT2D eigenvalue weighted by Gasteiger charge is -2.32. The third-order valence-corrected chi connectivity index (χ3v) is 5.54. The van der Waals surface area contributed by atoms with Crippen LogP contribution in [0.4, 0.5) is 0 Å². The van der Waals surface area contributed by atoms with Crippen LogP contribution in [0.25, 0.3) is 0 Å². The molecule has 1 aromatic carbocycles. The molecule has 0 atom stereocenters. The largest absolute Gasteiger partial charge is 0.468 e. The van der Waals surface area contributed by atoms with Crippen LogP contribution in [0.2, 0.25) is 0 Å². The number of primary amides is 1. The average molecular weight is 427 g/mol. The third kappa shape index (κ3) is 7.41. The standard InChI is InChI=1S/C23H34N6O2/c1-25-23(27-20-9-11-29(12-10-20)17-22(24)30)26-14-18-6-3-4-7-19(18)15-28(2)16-21-8-5-13-31-21/h3-8,13,20H,9-12,14-17H2,1-2H3,(H2,24,30)(H2,25,26,27). The molecule has 0 saturated carbocycles. The van der Waals surface area contributed by atoms with Crippen molar-refractivity contribution in [3.63, 3.8) is 0 Å². The van der Waals surface area contributed by atoms with E-state index >= 15 is 0 Å². The number of likely N-dealkylation sites (tertiary alicyclic amines) is 1. The maximum Gasteiger partial charge on any atom is 0.231 e. The fraction of sp³-hybridized carbons (Fsp3) is 0.478. The summed E-state index contributed by atoms with van der Waals surface area (Å²) in [5, 5.41) is 6.96. The van der Waals surface area contributed by atoms with E-state index in [4.69, 9.17) is 10.2 Å². The molecule has 0 aliphatic carbocycles. The van der Waals surface area contributed by atoms with Gasteiger partial charge < -0.3 is 20.8 Å². The molecule has 31 heavy (non-hydrogen) atoms. The van der Waals surface area contributed by atoms with Crippen LogP contribution in [-0.4, -0.2) is 61.4 Å². The van der Waals surface area contributed by atoms with Crippen molar-refractivity contribution >= 4 is 11.9 Å². The number of furan rings is 1. The lowest BCUT2D eigenvalue weighted by Crippen LogP contribution is -2.49. The molecule has 168 valence electrons. The molecule has 1 saturated heterocycles. The molecule has 0 bridgehead atoms. The third-order valence-electron chi connectivity index (χ3n) is 5.54. The van der Waals surface area contributed by atoms with Gasteiger partial charge in [0, 0.05) is 39.3 Å². The van der Waals surface area contributed by atoms with Gasteiger partial charge in [0.15, 0.2) is 5.96 Å². The Kier molecular flexibility index (Phi) is 8.49. The van der Waals surface area contributed by atoms with Gasteiger partial charge in [-0.2, -0.15) is 0 Å². The Hall–Kier alpha value is -2.84. The molecule has 1 aliphatic heterocycles. The number of rotatable bonds is 9. The van der Waals surface area contributed by atoms with Crippen LogP contribution in [0.1, 0.15) is 29.7 Å². The van der Waals surface area contributed by atoms with E-state index in [9.17, 15) is 4.79 Å². The molecule has 2 heterocycles. The molecular weight excluding hydrogens is 392 g/mol. The second kappa shape index (κ2) is 11.5. The quantitative estimate of drug-likeness (QED) is 0.415. The van der Waals surface area contributed by atoms with Crippen molar-refractivity contribution in [1.82, 2.24) is 20.4 Å². The first-order valence-corrected chi connectivity index (χ1v) is 10.8. The number of piperidine rings is 1. The van der Waals surface area contributed by atoms with E-state index in [1.54, 1.807) is 13.3 Å². The molecule has 4 N–H and O–H groups in total. The lowest BCUT2D eigenvalue weighted by molar-refractivity contribution is -0.119. The molecule has 1 aromatic heterocycles. The average Bonchev–Trinajstić information content (AvgIpc) is 3.25. The van der Waals surface area contributed by atoms with Crippen molar-refractivity contribution in [2.45, 2.75) is 38.5 Å². The van der Waals surface area contributed by atoms with Gasteiger partial charge in [-0.1, -0.05) is 24.3 Å². The Morgan fingerprint density at radius 2 is 1.94 bits per heavy atom. The number of guanidine groups is 1. The minimum atomic E-state index is -0.266. The molecular formula is C23H34N6O2. The number of nitrogens with zero attached hydrogens (tertiary/aromatic N) is 3. The highest BCUT2D eigenvalue weighted by molar-refractivity contribution is 5.80. The fourth-order valence-electron chi connectivity index (χ4n) is 3.92. The van der Waals surface area contributed by atoms with Gasteiger partial charge in [0.05, 0.1) is 19.4 Å². The number of aliphatic imine (C=N–C) groups is 1. The number of hydrogen-bond acceptors (Lipinski definition) is 5. The normalized spacial score (nSPS) is 15.9. The van der Waals surface area contributed by atoms with Crippen LogP contribution in [0, 0.1) is 0 Å². The predicted molar refractivity (Wildman–Crippen MR) is 122 cm³/mol. The second-order valence-electron chi connectivity index (χ2n) is 8.11. The molecule has 2 aromatic rings. The predicted octanol–water partition coefficient (Wildman–Crippen LogP) is 1.53. The van der Waals surface area contributed by atoms with E-state index in [-0.39, 0.29) is 5.91 Å². The summed E-state index contributed by atoms with van der Waals surface area (Å²) in [5.74, 6) is 1.49. The summed E-state index contributed by atoms with van der Waals surface area (Å²) in [6.07, 6.45) is 3.63. The first-order chi connectivity index (χ1) is 15.0. The van der Waals surface area contributed by atoms with Gasteiger partial charge in [-0.3, -0.25) is 19.6 Å². The number of carbonyl (C=O) groups is 1. The minimum absolute atomic E-state index is 0.266. The van der Waals surface area contributed by atoms with Crippen molar-refractivity contribution in [3.8, 4) is 0 Å². The number of benzene rings is 1. The number of nitrogens with two attached hydrogens (primary N) is 1. The molecule has 0 unspecified atom stereocenters. The van der Waals surface area contributed by atoms with Crippen molar-refractivity contribution in [2.75, 3.05) is 33.7 Å². The van der Waals surface area contributed by atoms with E-state index in [1.807, 2.05) is 12.1 Å². The molecule has 3 rings (SSSR count). The number of amides is 1. The summed E-state index contributed by atoms with van der Waals surface area (Å²) >= 11 is 0. The zero-order chi connectivity index (χ0) is 22.1. The Bertz CT molecular complexity index is 844. The maximum absolute atomic E-state index is 11.1. The Morgan fingerprint density at radius 1 is 1.19 bits per heavy atom. The molecule has 1 amide bonds. The van der Waals surface area contributed by atoms with E-state index in [2.05, 4.69) is 56.7 Å². The van der Waals surface area contributed by atoms with Gasteiger partial charge in [-0.15, -0.1) is 0 Å². The van der Waals surface area contributed by atoms with Gasteiger partial charge in [0.2, 0.25) is 5.91 Å². The Morgan fingerprint density at radius 3 is 2.58 bits per heavy atom. The summed E-state index contributed by atoms with van der Waals surface area (Å²) in [6, 6.07) is 12.7. The molecule has 8 nitrogen and oxygen atoms in total. The molecule has 8 heteroatoms. The van der Waals surface area contributed by atoms with Crippen LogP contribution in [0.3, 0.4) is 0 Å². The molecule has 1 aliphatic rings. The number of hydrogen-bond donors (Lipinski definition) is 3. The summed E-state index contributed by atoms with van der Waals surface area (Å²) < 4.78 is 5.46. The van der Waals surface area contributed by atoms with Crippen molar-refractivity contribution in [1.29, 1.82) is 0 Å². The SMILES string of the molecule is CN=C(NCc1ccccc1CN(C)Cc1ccco1)NC1CCN(CC(N)=O)CC1. The highest BCUT2D eigenvalue weighted by atomic mass is 16.3. The van der Waals surface area contributed by atoms with E-state index in [0.29, 0.717) is 19.1 Å². The zero-order valence-electron chi connectivity index (χ0n) is 18.5. The van der Waals surface area contributed by atoms with Crippen LogP contribution in [0.15, 0.2) is 52.1 Å². The molecule has 1 fully saturated rings. The van der Waals surface area contributed by atoms with Gasteiger partial charge >= 0.3 is 0 Å². The van der Waals surface area contributed by atoms with Gasteiger partial charge in [0.1, 0.15) is 5.76 Å². The lowest BCUT2D eigenvalue weighted by atomic mass is 10.1. The summed E-state index contributed by atoms with van der Waals surface area (Å²) in [6.45, 7) is 4.37. The first-order valence-electron chi connectivity index (χ1n) is 10.8. The highest BCUT2D eigenvalue weighted by Crippen LogP contribution is 2.14. The second-order valence-corrected chi connectivity index (χ2v) is 8.11. The summed E-state index contributed by atoms with van der Waals surface area (Å²) in [5.41, 5.74) is 7.82. The first kappa shape index (κ1) is 22.8. The number of carbonyl (C=O) groups excluding carboxylic acids is 1. The number of nitrogens with one attached hydrogen (secondary N) is 2. The fourth-order valence-corrected chi connectivity index (χ4v) is 3.92. The maximum atomic E-state index is 11.1.